The van der Waals surface area contributed by atoms with E-state index in [1.54, 1.807) is 0 Å². The van der Waals surface area contributed by atoms with Crippen LogP contribution in [0.4, 0.5) is 0 Å². The van der Waals surface area contributed by atoms with Crippen molar-refractivity contribution in [3.63, 3.8) is 0 Å². The zero-order valence-electron chi connectivity index (χ0n) is 10.5. The topological polar surface area (TPSA) is 40.0 Å². The van der Waals surface area contributed by atoms with Crippen LogP contribution in [0.1, 0.15) is 47.0 Å². The molecule has 0 aromatic heterocycles. The summed E-state index contributed by atoms with van der Waals surface area (Å²) in [6.07, 6.45) is 8.51. The van der Waals surface area contributed by atoms with E-state index >= 15 is 0 Å². The first kappa shape index (κ1) is 12.3. The number of hydrazine groups is 1. The van der Waals surface area contributed by atoms with E-state index in [2.05, 4.69) is 38.0 Å². The molecule has 15 heavy (non-hydrogen) atoms. The van der Waals surface area contributed by atoms with Crippen molar-refractivity contribution >= 4 is 5.71 Å². The van der Waals surface area contributed by atoms with Crippen molar-refractivity contribution in [2.75, 3.05) is 0 Å². The highest BCUT2D eigenvalue weighted by molar-refractivity contribution is 5.87. The van der Waals surface area contributed by atoms with E-state index in [1.807, 2.05) is 6.92 Å². The summed E-state index contributed by atoms with van der Waals surface area (Å²) >= 11 is 0. The van der Waals surface area contributed by atoms with Gasteiger partial charge < -0.3 is 0 Å². The maximum atomic E-state index is 5.35. The van der Waals surface area contributed by atoms with Crippen molar-refractivity contribution in [2.24, 2.45) is 23.1 Å². The minimum atomic E-state index is 0.434. The minimum absolute atomic E-state index is 0.434. The van der Waals surface area contributed by atoms with Crippen LogP contribution in [0.15, 0.2) is 12.2 Å². The molecule has 0 aromatic rings. The van der Waals surface area contributed by atoms with E-state index in [9.17, 15) is 0 Å². The molecule has 1 aliphatic carbocycles. The molecule has 2 atom stereocenters. The molecule has 2 unspecified atom stereocenters. The van der Waals surface area contributed by atoms with E-state index in [0.717, 1.165) is 11.6 Å². The van der Waals surface area contributed by atoms with Crippen LogP contribution < -0.4 is 10.9 Å². The lowest BCUT2D eigenvalue weighted by Gasteiger charge is -2.41. The van der Waals surface area contributed by atoms with Gasteiger partial charge in [-0.25, -0.2) is 5.84 Å². The second-order valence-corrected chi connectivity index (χ2v) is 5.57. The number of rotatable bonds is 2. The highest BCUT2D eigenvalue weighted by Crippen LogP contribution is 2.44. The van der Waals surface area contributed by atoms with Crippen LogP contribution in [0.2, 0.25) is 0 Å². The Bertz CT molecular complexity index is 264. The first-order valence-electron chi connectivity index (χ1n) is 5.96. The van der Waals surface area contributed by atoms with Crippen molar-refractivity contribution < 1.29 is 5.10 Å². The van der Waals surface area contributed by atoms with Crippen molar-refractivity contribution in [3.8, 4) is 0 Å². The van der Waals surface area contributed by atoms with Crippen molar-refractivity contribution in [1.29, 1.82) is 0 Å². The number of hydrazone groups is 1. The van der Waals surface area contributed by atoms with Crippen LogP contribution in [0.5, 0.6) is 0 Å². The minimum Gasteiger partial charge on any atom is -0.213 e. The Morgan fingerprint density at radius 3 is 2.67 bits per heavy atom. The maximum Gasteiger partial charge on any atom is 0.199 e. The third-order valence-corrected chi connectivity index (χ3v) is 3.78. The van der Waals surface area contributed by atoms with Gasteiger partial charge in [-0.3, -0.25) is 0 Å². The third-order valence-electron chi connectivity index (χ3n) is 3.78. The molecule has 0 spiro atoms. The molecule has 3 N–H and O–H groups in total. The van der Waals surface area contributed by atoms with Crippen LogP contribution in [-0.2, 0) is 0 Å². The molecule has 1 rings (SSSR count). The SMILES string of the molecule is CC(C=CC1C(C)CCCC1(C)C)=[NH+]N. The fourth-order valence-electron chi connectivity index (χ4n) is 2.74. The van der Waals surface area contributed by atoms with Crippen LogP contribution >= 0.6 is 0 Å². The molecule has 0 radical (unpaired) electrons. The second kappa shape index (κ2) is 4.82. The average Bonchev–Trinajstić information content (AvgIpc) is 2.15. The Balaban J connectivity index is 2.76. The van der Waals surface area contributed by atoms with Crippen LogP contribution in [0.25, 0.3) is 0 Å². The fourth-order valence-corrected chi connectivity index (χ4v) is 2.74. The Labute approximate surface area is 93.6 Å². The number of allylic oxidation sites excluding steroid dienone is 2. The molecule has 0 aromatic carbocycles. The van der Waals surface area contributed by atoms with E-state index in [0.29, 0.717) is 11.3 Å². The zero-order chi connectivity index (χ0) is 11.5. The number of nitrogens with one attached hydrogen (secondary N) is 1. The number of hydrogen-bond acceptors (Lipinski definition) is 1. The number of hydrogen-bond donors (Lipinski definition) is 2. The molecular formula is C13H25N2+. The molecule has 0 saturated heterocycles. The van der Waals surface area contributed by atoms with Gasteiger partial charge in [0.05, 0.1) is 0 Å². The highest BCUT2D eigenvalue weighted by Gasteiger charge is 2.34. The lowest BCUT2D eigenvalue weighted by molar-refractivity contribution is -0.469. The Morgan fingerprint density at radius 2 is 2.13 bits per heavy atom. The van der Waals surface area contributed by atoms with Gasteiger partial charge in [0, 0.05) is 13.0 Å². The number of nitrogens with two attached hydrogens (primary N) is 1. The van der Waals surface area contributed by atoms with Gasteiger partial charge in [0.1, 0.15) is 0 Å². The zero-order valence-corrected chi connectivity index (χ0v) is 10.5. The third kappa shape index (κ3) is 3.08. The van der Waals surface area contributed by atoms with Crippen LogP contribution in [0, 0.1) is 17.3 Å². The largest absolute Gasteiger partial charge is 0.213 e. The summed E-state index contributed by atoms with van der Waals surface area (Å²) in [5.74, 6) is 6.81. The van der Waals surface area contributed by atoms with E-state index in [4.69, 9.17) is 5.84 Å². The monoisotopic (exact) mass is 209 g/mol. The summed E-state index contributed by atoms with van der Waals surface area (Å²) in [5.41, 5.74) is 1.46. The van der Waals surface area contributed by atoms with Gasteiger partial charge in [-0.1, -0.05) is 39.7 Å². The first-order chi connectivity index (χ1) is 6.97. The molecule has 86 valence electrons. The summed E-state index contributed by atoms with van der Waals surface area (Å²) in [5, 5.41) is 2.68. The molecule has 0 aliphatic heterocycles. The van der Waals surface area contributed by atoms with E-state index in [1.165, 1.54) is 19.3 Å². The molecule has 0 heterocycles. The summed E-state index contributed by atoms with van der Waals surface area (Å²) < 4.78 is 0. The molecule has 1 aliphatic rings. The maximum absolute atomic E-state index is 5.35. The van der Waals surface area contributed by atoms with Crippen LogP contribution in [-0.4, -0.2) is 5.71 Å². The lowest BCUT2D eigenvalue weighted by Crippen LogP contribution is -2.79. The van der Waals surface area contributed by atoms with E-state index in [-0.39, 0.29) is 0 Å². The average molecular weight is 209 g/mol. The van der Waals surface area contributed by atoms with Gasteiger partial charge in [0.25, 0.3) is 0 Å². The second-order valence-electron chi connectivity index (χ2n) is 5.57. The van der Waals surface area contributed by atoms with Gasteiger partial charge in [0.15, 0.2) is 5.71 Å². The van der Waals surface area contributed by atoms with Gasteiger partial charge in [-0.2, -0.15) is 0 Å². The molecular weight excluding hydrogens is 184 g/mol. The summed E-state index contributed by atoms with van der Waals surface area (Å²) in [6, 6.07) is 0. The smallest absolute Gasteiger partial charge is 0.199 e. The Kier molecular flexibility index (Phi) is 3.95. The lowest BCUT2D eigenvalue weighted by atomic mass is 9.64. The van der Waals surface area contributed by atoms with Crippen molar-refractivity contribution in [2.45, 2.75) is 47.0 Å². The molecule has 1 saturated carbocycles. The van der Waals surface area contributed by atoms with Gasteiger partial charge in [-0.05, 0) is 23.7 Å². The molecule has 0 amide bonds. The van der Waals surface area contributed by atoms with Crippen LogP contribution in [0.3, 0.4) is 0 Å². The fraction of sp³-hybridized carbons (Fsp3) is 0.769. The highest BCUT2D eigenvalue weighted by atomic mass is 15.1. The standard InChI is InChI=1S/C13H24N2/c1-10-6-5-9-13(3,4)12(10)8-7-11(2)15-14/h7-8,10,12H,5-6,9,14H2,1-4H3/p+1. The predicted molar refractivity (Wildman–Crippen MR) is 65.3 cm³/mol. The first-order valence-corrected chi connectivity index (χ1v) is 5.96. The predicted octanol–water partition coefficient (Wildman–Crippen LogP) is 1.42. The molecule has 2 heteroatoms. The van der Waals surface area contributed by atoms with Gasteiger partial charge in [-0.15, -0.1) is 5.10 Å². The molecule has 0 bridgehead atoms. The summed E-state index contributed by atoms with van der Waals surface area (Å²) in [6.45, 7) is 9.11. The Morgan fingerprint density at radius 1 is 1.47 bits per heavy atom. The normalized spacial score (nSPS) is 32.1. The summed E-state index contributed by atoms with van der Waals surface area (Å²) in [4.78, 5) is 0. The van der Waals surface area contributed by atoms with Gasteiger partial charge >= 0.3 is 0 Å². The van der Waals surface area contributed by atoms with Crippen molar-refractivity contribution in [3.05, 3.63) is 12.2 Å². The quantitative estimate of drug-likeness (QED) is 0.403. The summed E-state index contributed by atoms with van der Waals surface area (Å²) in [7, 11) is 0. The van der Waals surface area contributed by atoms with Gasteiger partial charge in [0.2, 0.25) is 0 Å². The van der Waals surface area contributed by atoms with E-state index < -0.39 is 0 Å². The van der Waals surface area contributed by atoms with Crippen molar-refractivity contribution in [1.82, 2.24) is 0 Å². The molecule has 2 nitrogen and oxygen atoms in total. The molecule has 1 fully saturated rings. The Hall–Kier alpha value is -0.790.